The third-order valence-corrected chi connectivity index (χ3v) is 5.67. The Morgan fingerprint density at radius 3 is 2.34 bits per heavy atom. The predicted octanol–water partition coefficient (Wildman–Crippen LogP) is 5.05. The van der Waals surface area contributed by atoms with E-state index in [2.05, 4.69) is 15.0 Å². The van der Waals surface area contributed by atoms with E-state index in [0.29, 0.717) is 23.8 Å². The molecule has 198 valence electrons. The summed E-state index contributed by atoms with van der Waals surface area (Å²) in [5.74, 6) is -1.72. The molecule has 8 nitrogen and oxygen atoms in total. The number of benzene rings is 3. The summed E-state index contributed by atoms with van der Waals surface area (Å²) in [6.45, 7) is 0.752. The zero-order valence-electron chi connectivity index (χ0n) is 20.0. The van der Waals surface area contributed by atoms with E-state index in [0.717, 1.165) is 11.1 Å². The van der Waals surface area contributed by atoms with E-state index in [1.807, 2.05) is 35.2 Å². The number of carboxylic acid groups (broad SMARTS) is 1. The van der Waals surface area contributed by atoms with Crippen LogP contribution in [0.5, 0.6) is 5.75 Å². The first-order valence-electron chi connectivity index (χ1n) is 11.7. The van der Waals surface area contributed by atoms with E-state index in [4.69, 9.17) is 9.84 Å². The number of carbonyl (C=O) groups is 2. The molecule has 2 N–H and O–H groups in total. The van der Waals surface area contributed by atoms with E-state index >= 15 is 0 Å². The second kappa shape index (κ2) is 11.7. The average Bonchev–Trinajstić information content (AvgIpc) is 3.26. The van der Waals surface area contributed by atoms with Crippen molar-refractivity contribution in [1.29, 1.82) is 0 Å². The number of ether oxygens (including phenoxy) is 2. The summed E-state index contributed by atoms with van der Waals surface area (Å²) in [5, 5.41) is 11.3. The number of hydrogen-bond acceptors (Lipinski definition) is 5. The van der Waals surface area contributed by atoms with Crippen molar-refractivity contribution >= 4 is 23.6 Å². The second-order valence-electron chi connectivity index (χ2n) is 8.40. The van der Waals surface area contributed by atoms with Crippen molar-refractivity contribution in [3.8, 4) is 5.75 Å². The van der Waals surface area contributed by atoms with Crippen LogP contribution in [0, 0.1) is 0 Å². The number of carboxylic acids is 1. The molecular formula is C27H24F3N3O5. The summed E-state index contributed by atoms with van der Waals surface area (Å²) in [4.78, 5) is 29.4. The fourth-order valence-electron chi connectivity index (χ4n) is 3.86. The molecule has 38 heavy (non-hydrogen) atoms. The first-order valence-corrected chi connectivity index (χ1v) is 11.7. The van der Waals surface area contributed by atoms with Crippen LogP contribution < -0.4 is 10.1 Å². The number of halogens is 3. The minimum absolute atomic E-state index is 0.0281. The third-order valence-electron chi connectivity index (χ3n) is 5.67. The van der Waals surface area contributed by atoms with Gasteiger partial charge >= 0.3 is 12.3 Å². The number of carbonyl (C=O) groups excluding carboxylic acids is 1. The molecule has 1 unspecified atom stereocenters. The number of amidine groups is 1. The number of nitrogens with one attached hydrogen (secondary N) is 1. The van der Waals surface area contributed by atoms with Crippen LogP contribution in [0.3, 0.4) is 0 Å². The molecule has 0 bridgehead atoms. The van der Waals surface area contributed by atoms with Gasteiger partial charge in [0.2, 0.25) is 0 Å². The van der Waals surface area contributed by atoms with E-state index in [1.54, 1.807) is 24.3 Å². The highest BCUT2D eigenvalue weighted by Crippen LogP contribution is 2.32. The monoisotopic (exact) mass is 527 g/mol. The van der Waals surface area contributed by atoms with Crippen LogP contribution in [-0.4, -0.2) is 47.4 Å². The highest BCUT2D eigenvalue weighted by Gasteiger charge is 2.33. The van der Waals surface area contributed by atoms with E-state index in [1.165, 1.54) is 24.3 Å². The predicted molar refractivity (Wildman–Crippen MR) is 132 cm³/mol. The maximum Gasteiger partial charge on any atom is 0.573 e. The molecule has 0 aromatic heterocycles. The first kappa shape index (κ1) is 26.5. The van der Waals surface area contributed by atoms with Gasteiger partial charge in [-0.15, -0.1) is 13.2 Å². The van der Waals surface area contributed by atoms with Crippen LogP contribution in [0.15, 0.2) is 83.9 Å². The van der Waals surface area contributed by atoms with Crippen molar-refractivity contribution in [2.45, 2.75) is 25.4 Å². The Bertz CT molecular complexity index is 1280. The van der Waals surface area contributed by atoms with Gasteiger partial charge in [0.25, 0.3) is 11.9 Å². The van der Waals surface area contributed by atoms with Crippen LogP contribution in [0.25, 0.3) is 0 Å². The highest BCUT2D eigenvalue weighted by atomic mass is 19.4. The van der Waals surface area contributed by atoms with E-state index < -0.39 is 12.3 Å². The summed E-state index contributed by atoms with van der Waals surface area (Å²) in [5.41, 5.74) is 2.64. The van der Waals surface area contributed by atoms with Gasteiger partial charge in [-0.25, -0.2) is 0 Å². The largest absolute Gasteiger partial charge is 0.573 e. The summed E-state index contributed by atoms with van der Waals surface area (Å²) < 4.78 is 47.2. The molecule has 0 saturated carbocycles. The van der Waals surface area contributed by atoms with Crippen LogP contribution in [0.2, 0.25) is 0 Å². The lowest BCUT2D eigenvalue weighted by Crippen LogP contribution is -2.28. The summed E-state index contributed by atoms with van der Waals surface area (Å²) >= 11 is 0. The van der Waals surface area contributed by atoms with Gasteiger partial charge in [0.1, 0.15) is 12.4 Å². The van der Waals surface area contributed by atoms with Gasteiger partial charge < -0.3 is 24.8 Å². The van der Waals surface area contributed by atoms with Crippen molar-refractivity contribution in [2.75, 3.05) is 13.2 Å². The summed E-state index contributed by atoms with van der Waals surface area (Å²) in [6, 6.07) is 21.8. The zero-order chi connectivity index (χ0) is 27.1. The lowest BCUT2D eigenvalue weighted by molar-refractivity contribution is -0.274. The minimum Gasteiger partial charge on any atom is -0.481 e. The normalized spacial score (nSPS) is 16.2. The van der Waals surface area contributed by atoms with Crippen LogP contribution in [0.1, 0.15) is 33.9 Å². The third kappa shape index (κ3) is 7.25. The molecule has 1 saturated heterocycles. The van der Waals surface area contributed by atoms with Gasteiger partial charge in [0.15, 0.2) is 0 Å². The fraction of sp³-hybridized carbons (Fsp3) is 0.222. The SMILES string of the molecule is O=C(O)CCNC(=O)c1ccc(C2CO/C(=N\c3ccc(OC(F)(F)F)cc3)N2Cc2ccccc2)cc1. The Kier molecular flexibility index (Phi) is 8.15. The van der Waals surface area contributed by atoms with Gasteiger partial charge in [-0.2, -0.15) is 4.99 Å². The van der Waals surface area contributed by atoms with Crippen molar-refractivity contribution in [3.05, 3.63) is 95.6 Å². The number of aliphatic carboxylic acids is 1. The van der Waals surface area contributed by atoms with E-state index in [-0.39, 0.29) is 37.3 Å². The van der Waals surface area contributed by atoms with Crippen molar-refractivity contribution in [1.82, 2.24) is 10.2 Å². The summed E-state index contributed by atoms with van der Waals surface area (Å²) in [6.07, 6.45) is -4.95. The minimum atomic E-state index is -4.78. The number of alkyl halides is 3. The second-order valence-corrected chi connectivity index (χ2v) is 8.40. The zero-order valence-corrected chi connectivity index (χ0v) is 20.0. The van der Waals surface area contributed by atoms with Gasteiger partial charge in [-0.1, -0.05) is 42.5 Å². The topological polar surface area (TPSA) is 100 Å². The molecular weight excluding hydrogens is 503 g/mol. The lowest BCUT2D eigenvalue weighted by atomic mass is 10.0. The molecule has 4 rings (SSSR count). The summed E-state index contributed by atoms with van der Waals surface area (Å²) in [7, 11) is 0. The molecule has 3 aromatic carbocycles. The van der Waals surface area contributed by atoms with Gasteiger partial charge in [-0.05, 0) is 47.5 Å². The number of aliphatic imine (C=N–C) groups is 1. The Morgan fingerprint density at radius 2 is 1.71 bits per heavy atom. The molecule has 1 heterocycles. The van der Waals surface area contributed by atoms with Crippen LogP contribution >= 0.6 is 0 Å². The maximum atomic E-state index is 12.5. The first-order chi connectivity index (χ1) is 18.2. The molecule has 0 aliphatic carbocycles. The van der Waals surface area contributed by atoms with Crippen LogP contribution in [0.4, 0.5) is 18.9 Å². The molecule has 0 spiro atoms. The van der Waals surface area contributed by atoms with Crippen LogP contribution in [-0.2, 0) is 16.1 Å². The number of nitrogens with zero attached hydrogens (tertiary/aromatic N) is 2. The smallest absolute Gasteiger partial charge is 0.481 e. The van der Waals surface area contributed by atoms with Gasteiger partial charge in [0.05, 0.1) is 18.2 Å². The molecule has 1 atom stereocenters. The molecule has 1 aliphatic heterocycles. The van der Waals surface area contributed by atoms with Crippen molar-refractivity contribution in [2.24, 2.45) is 4.99 Å². The molecule has 1 amide bonds. The Balaban J connectivity index is 1.54. The van der Waals surface area contributed by atoms with E-state index in [9.17, 15) is 22.8 Å². The number of amides is 1. The van der Waals surface area contributed by atoms with Crippen molar-refractivity contribution in [3.63, 3.8) is 0 Å². The molecule has 1 aliphatic rings. The molecule has 11 heteroatoms. The van der Waals surface area contributed by atoms with Crippen molar-refractivity contribution < 1.29 is 37.3 Å². The van der Waals surface area contributed by atoms with Gasteiger partial charge in [0, 0.05) is 18.7 Å². The molecule has 0 radical (unpaired) electrons. The Morgan fingerprint density at radius 1 is 1.03 bits per heavy atom. The molecule has 1 fully saturated rings. The fourth-order valence-corrected chi connectivity index (χ4v) is 3.86. The Labute approximate surface area is 216 Å². The average molecular weight is 527 g/mol. The van der Waals surface area contributed by atoms with Gasteiger partial charge in [-0.3, -0.25) is 9.59 Å². The molecule has 3 aromatic rings. The number of hydrogen-bond donors (Lipinski definition) is 2. The standard InChI is InChI=1S/C27H24F3N3O5/c28-27(29,30)38-22-12-10-21(11-13-22)32-26-33(16-18-4-2-1-3-5-18)23(17-37-26)19-6-8-20(9-7-19)25(36)31-15-14-24(34)35/h1-13,23H,14-17H2,(H,31,36)(H,34,35)/b32-26-. The maximum absolute atomic E-state index is 12.5. The lowest BCUT2D eigenvalue weighted by Gasteiger charge is -2.24. The quantitative estimate of drug-likeness (QED) is 0.404. The number of rotatable bonds is 9. The highest BCUT2D eigenvalue weighted by molar-refractivity contribution is 5.94. The Hall–Kier alpha value is -4.54.